The Morgan fingerprint density at radius 1 is 1.50 bits per heavy atom. The van der Waals surface area contributed by atoms with Crippen LogP contribution < -0.4 is 5.32 Å². The minimum Gasteiger partial charge on any atom is -0.469 e. The van der Waals surface area contributed by atoms with Crippen molar-refractivity contribution in [2.75, 3.05) is 13.7 Å². The highest BCUT2D eigenvalue weighted by Crippen LogP contribution is 1.98. The van der Waals surface area contributed by atoms with Gasteiger partial charge in [-0.3, -0.25) is 9.59 Å². The maximum absolute atomic E-state index is 10.4. The minimum absolute atomic E-state index is 0.214. The van der Waals surface area contributed by atoms with E-state index in [0.717, 1.165) is 25.8 Å². The first-order chi connectivity index (χ1) is 5.66. The summed E-state index contributed by atoms with van der Waals surface area (Å²) >= 11 is 0. The lowest BCUT2D eigenvalue weighted by molar-refractivity contribution is -0.138. The lowest BCUT2D eigenvalue weighted by Crippen LogP contribution is -2.28. The van der Waals surface area contributed by atoms with Crippen LogP contribution in [0.25, 0.3) is 0 Å². The van der Waals surface area contributed by atoms with Gasteiger partial charge in [-0.05, 0) is 12.8 Å². The van der Waals surface area contributed by atoms with E-state index < -0.39 is 0 Å². The summed E-state index contributed by atoms with van der Waals surface area (Å²) < 4.78 is 4.11. The lowest BCUT2D eigenvalue weighted by Gasteiger charge is -2.08. The van der Waals surface area contributed by atoms with Gasteiger partial charge < -0.3 is 10.1 Å². The standard InChI is InChI=1S/C5H9NO.C3H6O2/c7-5-3-1-2-4-6-5;1-3(4)5-2/h1-4H2,(H,6,7);1-2H3. The van der Waals surface area contributed by atoms with Crippen molar-refractivity contribution in [3.05, 3.63) is 0 Å². The van der Waals surface area contributed by atoms with Gasteiger partial charge in [0, 0.05) is 19.9 Å². The molecule has 0 unspecified atom stereocenters. The first-order valence-corrected chi connectivity index (χ1v) is 3.98. The lowest BCUT2D eigenvalue weighted by atomic mass is 10.2. The quantitative estimate of drug-likeness (QED) is 0.541. The number of esters is 1. The number of nitrogens with one attached hydrogen (secondary N) is 1. The second-order valence-corrected chi connectivity index (χ2v) is 2.50. The summed E-state index contributed by atoms with van der Waals surface area (Å²) in [4.78, 5) is 19.9. The van der Waals surface area contributed by atoms with E-state index in [1.807, 2.05) is 0 Å². The van der Waals surface area contributed by atoms with Crippen molar-refractivity contribution < 1.29 is 14.3 Å². The van der Waals surface area contributed by atoms with Gasteiger partial charge in [-0.1, -0.05) is 0 Å². The van der Waals surface area contributed by atoms with Gasteiger partial charge in [0.2, 0.25) is 5.91 Å². The predicted octanol–water partition coefficient (Wildman–Crippen LogP) is 0.466. The van der Waals surface area contributed by atoms with Crippen molar-refractivity contribution in [3.63, 3.8) is 0 Å². The molecular weight excluding hydrogens is 158 g/mol. The average molecular weight is 173 g/mol. The molecule has 1 amide bonds. The zero-order valence-corrected chi connectivity index (χ0v) is 7.55. The van der Waals surface area contributed by atoms with Crippen LogP contribution in [0.4, 0.5) is 0 Å². The molecular formula is C8H15NO3. The summed E-state index contributed by atoms with van der Waals surface area (Å²) in [5, 5.41) is 2.74. The first-order valence-electron chi connectivity index (χ1n) is 3.98. The van der Waals surface area contributed by atoms with E-state index >= 15 is 0 Å². The number of carbonyl (C=O) groups is 2. The highest BCUT2D eigenvalue weighted by Gasteiger charge is 2.04. The second kappa shape index (κ2) is 6.64. The fraction of sp³-hybridized carbons (Fsp3) is 0.750. The third kappa shape index (κ3) is 7.05. The number of piperidine rings is 1. The van der Waals surface area contributed by atoms with E-state index in [4.69, 9.17) is 0 Å². The summed E-state index contributed by atoms with van der Waals surface area (Å²) in [7, 11) is 1.35. The number of methoxy groups -OCH3 is 1. The highest BCUT2D eigenvalue weighted by molar-refractivity contribution is 5.76. The van der Waals surface area contributed by atoms with Gasteiger partial charge >= 0.3 is 5.97 Å². The molecule has 1 aliphatic heterocycles. The van der Waals surface area contributed by atoms with E-state index in [-0.39, 0.29) is 11.9 Å². The van der Waals surface area contributed by atoms with Crippen molar-refractivity contribution in [2.45, 2.75) is 26.2 Å². The van der Waals surface area contributed by atoms with Crippen molar-refractivity contribution in [1.29, 1.82) is 0 Å². The zero-order chi connectivity index (χ0) is 9.40. The smallest absolute Gasteiger partial charge is 0.302 e. The molecule has 4 heteroatoms. The van der Waals surface area contributed by atoms with E-state index in [9.17, 15) is 9.59 Å². The van der Waals surface area contributed by atoms with Gasteiger partial charge in [0.25, 0.3) is 0 Å². The van der Waals surface area contributed by atoms with Gasteiger partial charge in [0.1, 0.15) is 0 Å². The molecule has 0 aromatic rings. The molecule has 0 aliphatic carbocycles. The third-order valence-electron chi connectivity index (χ3n) is 1.44. The summed E-state index contributed by atoms with van der Waals surface area (Å²) in [6, 6.07) is 0. The Morgan fingerprint density at radius 2 is 2.08 bits per heavy atom. The van der Waals surface area contributed by atoms with Crippen molar-refractivity contribution in [3.8, 4) is 0 Å². The van der Waals surface area contributed by atoms with Crippen LogP contribution >= 0.6 is 0 Å². The average Bonchev–Trinajstić information content (AvgIpc) is 2.07. The molecule has 0 spiro atoms. The Balaban J connectivity index is 0.000000217. The number of hydrogen-bond acceptors (Lipinski definition) is 3. The normalized spacial score (nSPS) is 15.3. The molecule has 1 aliphatic rings. The van der Waals surface area contributed by atoms with Crippen LogP contribution in [-0.2, 0) is 14.3 Å². The van der Waals surface area contributed by atoms with Gasteiger partial charge in [0.05, 0.1) is 7.11 Å². The van der Waals surface area contributed by atoms with E-state index in [2.05, 4.69) is 10.1 Å². The summed E-state index contributed by atoms with van der Waals surface area (Å²) in [6.07, 6.45) is 2.97. The van der Waals surface area contributed by atoms with Crippen LogP contribution in [0.15, 0.2) is 0 Å². The van der Waals surface area contributed by atoms with Crippen molar-refractivity contribution in [2.24, 2.45) is 0 Å². The van der Waals surface area contributed by atoms with Crippen LogP contribution in [0.1, 0.15) is 26.2 Å². The maximum atomic E-state index is 10.4. The molecule has 1 rings (SSSR count). The summed E-state index contributed by atoms with van der Waals surface area (Å²) in [6.45, 7) is 2.25. The van der Waals surface area contributed by atoms with Crippen molar-refractivity contribution in [1.82, 2.24) is 5.32 Å². The van der Waals surface area contributed by atoms with Gasteiger partial charge in [-0.25, -0.2) is 0 Å². The van der Waals surface area contributed by atoms with Gasteiger partial charge in [0.15, 0.2) is 0 Å². The van der Waals surface area contributed by atoms with Crippen LogP contribution in [0.3, 0.4) is 0 Å². The Kier molecular flexibility index (Phi) is 6.05. The highest BCUT2D eigenvalue weighted by atomic mass is 16.5. The van der Waals surface area contributed by atoms with Gasteiger partial charge in [-0.2, -0.15) is 0 Å². The molecule has 0 bridgehead atoms. The first kappa shape index (κ1) is 10.9. The Labute approximate surface area is 72.3 Å². The summed E-state index contributed by atoms with van der Waals surface area (Å²) in [5.74, 6) is -0.0312. The molecule has 1 saturated heterocycles. The molecule has 0 saturated carbocycles. The van der Waals surface area contributed by atoms with Crippen LogP contribution in [0, 0.1) is 0 Å². The number of amides is 1. The zero-order valence-electron chi connectivity index (χ0n) is 7.55. The maximum Gasteiger partial charge on any atom is 0.302 e. The monoisotopic (exact) mass is 173 g/mol. The molecule has 1 heterocycles. The topological polar surface area (TPSA) is 55.4 Å². The summed E-state index contributed by atoms with van der Waals surface area (Å²) in [5.41, 5.74) is 0. The fourth-order valence-electron chi connectivity index (χ4n) is 0.727. The minimum atomic E-state index is -0.245. The number of hydrogen-bond donors (Lipinski definition) is 1. The van der Waals surface area contributed by atoms with E-state index in [1.165, 1.54) is 14.0 Å². The van der Waals surface area contributed by atoms with Crippen LogP contribution in [0.2, 0.25) is 0 Å². The van der Waals surface area contributed by atoms with E-state index in [1.54, 1.807) is 0 Å². The van der Waals surface area contributed by atoms with Gasteiger partial charge in [-0.15, -0.1) is 0 Å². The van der Waals surface area contributed by atoms with Crippen molar-refractivity contribution >= 4 is 11.9 Å². The molecule has 0 aromatic carbocycles. The molecule has 0 atom stereocenters. The molecule has 1 N–H and O–H groups in total. The molecule has 70 valence electrons. The fourth-order valence-corrected chi connectivity index (χ4v) is 0.727. The second-order valence-electron chi connectivity index (χ2n) is 2.50. The third-order valence-corrected chi connectivity index (χ3v) is 1.44. The molecule has 0 aromatic heterocycles. The molecule has 1 fully saturated rings. The molecule has 4 nitrogen and oxygen atoms in total. The van der Waals surface area contributed by atoms with Crippen LogP contribution in [0.5, 0.6) is 0 Å². The number of rotatable bonds is 0. The Morgan fingerprint density at radius 3 is 2.25 bits per heavy atom. The molecule has 12 heavy (non-hydrogen) atoms. The predicted molar refractivity (Wildman–Crippen MR) is 44.6 cm³/mol. The SMILES string of the molecule is COC(C)=O.O=C1CCCCN1. The Hall–Kier alpha value is -1.06. The van der Waals surface area contributed by atoms with Crippen LogP contribution in [-0.4, -0.2) is 25.5 Å². The number of ether oxygens (including phenoxy) is 1. The number of carbonyl (C=O) groups excluding carboxylic acids is 2. The Bertz CT molecular complexity index is 148. The largest absolute Gasteiger partial charge is 0.469 e. The van der Waals surface area contributed by atoms with E-state index in [0.29, 0.717) is 0 Å². The molecule has 0 radical (unpaired) electrons.